The standard InChI is InChI=1S/C20H31N3O4/c1-5-27-20(26)23-17(11-14(2)3)13-21-19(25)12-18(22-15(4)24)16-9-7-6-8-10-16/h6-10,14,17-18H,5,11-13H2,1-4H3,(H,21,25)(H,22,24)(H,23,26). The molecule has 27 heavy (non-hydrogen) atoms. The molecule has 0 bridgehead atoms. The Balaban J connectivity index is 2.64. The van der Waals surface area contributed by atoms with E-state index < -0.39 is 12.1 Å². The SMILES string of the molecule is CCOC(=O)NC(CNC(=O)CC(NC(C)=O)c1ccccc1)CC(C)C. The minimum Gasteiger partial charge on any atom is -0.450 e. The summed E-state index contributed by atoms with van der Waals surface area (Å²) in [7, 11) is 0. The lowest BCUT2D eigenvalue weighted by molar-refractivity contribution is -0.122. The number of nitrogens with one attached hydrogen (secondary N) is 3. The van der Waals surface area contributed by atoms with Crippen molar-refractivity contribution in [1.82, 2.24) is 16.0 Å². The van der Waals surface area contributed by atoms with Crippen LogP contribution in [0.15, 0.2) is 30.3 Å². The van der Waals surface area contributed by atoms with Gasteiger partial charge in [0.2, 0.25) is 11.8 Å². The average Bonchev–Trinajstić information content (AvgIpc) is 2.59. The van der Waals surface area contributed by atoms with Crippen LogP contribution >= 0.6 is 0 Å². The summed E-state index contributed by atoms with van der Waals surface area (Å²) in [6.45, 7) is 7.85. The summed E-state index contributed by atoms with van der Waals surface area (Å²) in [6, 6.07) is 8.74. The minimum atomic E-state index is -0.488. The monoisotopic (exact) mass is 377 g/mol. The first-order chi connectivity index (χ1) is 12.8. The summed E-state index contributed by atoms with van der Waals surface area (Å²) in [5, 5.41) is 8.43. The van der Waals surface area contributed by atoms with Crippen molar-refractivity contribution in [3.63, 3.8) is 0 Å². The maximum Gasteiger partial charge on any atom is 0.407 e. The van der Waals surface area contributed by atoms with Gasteiger partial charge in [0, 0.05) is 19.5 Å². The zero-order valence-electron chi connectivity index (χ0n) is 16.6. The summed E-state index contributed by atoms with van der Waals surface area (Å²) in [5.41, 5.74) is 0.867. The van der Waals surface area contributed by atoms with Crippen molar-refractivity contribution in [3.8, 4) is 0 Å². The van der Waals surface area contributed by atoms with Gasteiger partial charge in [-0.05, 0) is 24.8 Å². The van der Waals surface area contributed by atoms with Crippen LogP contribution in [0, 0.1) is 5.92 Å². The Morgan fingerprint density at radius 3 is 2.30 bits per heavy atom. The smallest absolute Gasteiger partial charge is 0.407 e. The second-order valence-electron chi connectivity index (χ2n) is 6.86. The first kappa shape index (κ1) is 22.5. The Labute approximate surface area is 161 Å². The third kappa shape index (κ3) is 9.63. The van der Waals surface area contributed by atoms with Crippen LogP contribution in [0.3, 0.4) is 0 Å². The van der Waals surface area contributed by atoms with Crippen molar-refractivity contribution >= 4 is 17.9 Å². The molecule has 0 spiro atoms. The van der Waals surface area contributed by atoms with Crippen molar-refractivity contribution in [3.05, 3.63) is 35.9 Å². The zero-order valence-corrected chi connectivity index (χ0v) is 16.6. The van der Waals surface area contributed by atoms with Gasteiger partial charge in [0.25, 0.3) is 0 Å². The van der Waals surface area contributed by atoms with Crippen molar-refractivity contribution in [2.24, 2.45) is 5.92 Å². The molecule has 0 fully saturated rings. The molecule has 1 aromatic rings. The van der Waals surface area contributed by atoms with Gasteiger partial charge in [-0.1, -0.05) is 44.2 Å². The molecule has 1 aromatic carbocycles. The van der Waals surface area contributed by atoms with Crippen LogP contribution in [0.4, 0.5) is 4.79 Å². The molecular formula is C20H31N3O4. The third-order valence-corrected chi connectivity index (χ3v) is 3.87. The van der Waals surface area contributed by atoms with Crippen LogP contribution in [-0.4, -0.2) is 37.1 Å². The first-order valence-electron chi connectivity index (χ1n) is 9.33. The second kappa shape index (κ2) is 11.9. The van der Waals surface area contributed by atoms with Crippen molar-refractivity contribution in [2.75, 3.05) is 13.2 Å². The van der Waals surface area contributed by atoms with E-state index in [1.807, 2.05) is 44.2 Å². The number of amides is 3. The maximum absolute atomic E-state index is 12.4. The van der Waals surface area contributed by atoms with E-state index in [0.29, 0.717) is 25.5 Å². The highest BCUT2D eigenvalue weighted by Crippen LogP contribution is 2.16. The van der Waals surface area contributed by atoms with E-state index in [1.54, 1.807) is 6.92 Å². The molecule has 0 aliphatic rings. The molecule has 0 saturated heterocycles. The maximum atomic E-state index is 12.4. The van der Waals surface area contributed by atoms with Crippen molar-refractivity contribution in [2.45, 2.75) is 52.6 Å². The van der Waals surface area contributed by atoms with Gasteiger partial charge in [-0.3, -0.25) is 9.59 Å². The molecule has 2 unspecified atom stereocenters. The van der Waals surface area contributed by atoms with E-state index in [9.17, 15) is 14.4 Å². The molecule has 0 radical (unpaired) electrons. The molecule has 2 atom stereocenters. The number of ether oxygens (including phenoxy) is 1. The molecule has 3 N–H and O–H groups in total. The molecule has 150 valence electrons. The van der Waals surface area contributed by atoms with Gasteiger partial charge >= 0.3 is 6.09 Å². The lowest BCUT2D eigenvalue weighted by Crippen LogP contribution is -2.45. The van der Waals surface area contributed by atoms with E-state index in [0.717, 1.165) is 5.56 Å². The molecule has 7 heteroatoms. The molecule has 0 aliphatic heterocycles. The number of hydrogen-bond donors (Lipinski definition) is 3. The van der Waals surface area contributed by atoms with E-state index in [2.05, 4.69) is 16.0 Å². The lowest BCUT2D eigenvalue weighted by atomic mass is 10.0. The van der Waals surface area contributed by atoms with Crippen LogP contribution in [0.5, 0.6) is 0 Å². The van der Waals surface area contributed by atoms with E-state index >= 15 is 0 Å². The van der Waals surface area contributed by atoms with Gasteiger partial charge in [-0.25, -0.2) is 4.79 Å². The Bertz CT molecular complexity index is 605. The van der Waals surface area contributed by atoms with Crippen LogP contribution in [0.25, 0.3) is 0 Å². The van der Waals surface area contributed by atoms with E-state index in [-0.39, 0.29) is 24.3 Å². The fourth-order valence-corrected chi connectivity index (χ4v) is 2.78. The topological polar surface area (TPSA) is 96.5 Å². The molecule has 0 heterocycles. The predicted octanol–water partition coefficient (Wildman–Crippen LogP) is 2.53. The largest absolute Gasteiger partial charge is 0.450 e. The molecule has 0 aromatic heterocycles. The molecular weight excluding hydrogens is 346 g/mol. The van der Waals surface area contributed by atoms with Gasteiger partial charge in [0.15, 0.2) is 0 Å². The third-order valence-electron chi connectivity index (χ3n) is 3.87. The summed E-state index contributed by atoms with van der Waals surface area (Å²) in [6.07, 6.45) is 0.349. The number of rotatable bonds is 10. The highest BCUT2D eigenvalue weighted by molar-refractivity contribution is 5.79. The van der Waals surface area contributed by atoms with Crippen LogP contribution in [0.2, 0.25) is 0 Å². The average molecular weight is 377 g/mol. The molecule has 0 aliphatic carbocycles. The summed E-state index contributed by atoms with van der Waals surface area (Å²) in [4.78, 5) is 35.5. The Morgan fingerprint density at radius 1 is 1.07 bits per heavy atom. The quantitative estimate of drug-likeness (QED) is 0.584. The highest BCUT2D eigenvalue weighted by Gasteiger charge is 2.19. The van der Waals surface area contributed by atoms with E-state index in [4.69, 9.17) is 4.74 Å². The predicted molar refractivity (Wildman–Crippen MR) is 104 cm³/mol. The minimum absolute atomic E-state index is 0.122. The Morgan fingerprint density at radius 2 is 1.74 bits per heavy atom. The zero-order chi connectivity index (χ0) is 20.2. The van der Waals surface area contributed by atoms with Gasteiger partial charge in [0.05, 0.1) is 19.1 Å². The normalized spacial score (nSPS) is 12.8. The van der Waals surface area contributed by atoms with Gasteiger partial charge < -0.3 is 20.7 Å². The molecule has 3 amide bonds. The first-order valence-corrected chi connectivity index (χ1v) is 9.33. The second-order valence-corrected chi connectivity index (χ2v) is 6.86. The Hall–Kier alpha value is -2.57. The van der Waals surface area contributed by atoms with Gasteiger partial charge in [-0.2, -0.15) is 0 Å². The number of benzene rings is 1. The van der Waals surface area contributed by atoms with Crippen LogP contribution in [-0.2, 0) is 14.3 Å². The highest BCUT2D eigenvalue weighted by atomic mass is 16.5. The summed E-state index contributed by atoms with van der Waals surface area (Å²) >= 11 is 0. The van der Waals surface area contributed by atoms with Crippen molar-refractivity contribution in [1.29, 1.82) is 0 Å². The van der Waals surface area contributed by atoms with Gasteiger partial charge in [-0.15, -0.1) is 0 Å². The summed E-state index contributed by atoms with van der Waals surface area (Å²) in [5.74, 6) is -0.0411. The fourth-order valence-electron chi connectivity index (χ4n) is 2.78. The number of carbonyl (C=O) groups is 3. The number of hydrogen-bond acceptors (Lipinski definition) is 4. The van der Waals surface area contributed by atoms with Crippen molar-refractivity contribution < 1.29 is 19.1 Å². The molecule has 1 rings (SSSR count). The lowest BCUT2D eigenvalue weighted by Gasteiger charge is -2.22. The number of alkyl carbamates (subject to hydrolysis) is 1. The molecule has 7 nitrogen and oxygen atoms in total. The Kier molecular flexibility index (Phi) is 9.93. The van der Waals surface area contributed by atoms with E-state index in [1.165, 1.54) is 6.92 Å². The summed E-state index contributed by atoms with van der Waals surface area (Å²) < 4.78 is 4.92. The van der Waals surface area contributed by atoms with Crippen LogP contribution < -0.4 is 16.0 Å². The fraction of sp³-hybridized carbons (Fsp3) is 0.550. The molecule has 0 saturated carbocycles. The van der Waals surface area contributed by atoms with Crippen LogP contribution in [0.1, 0.15) is 52.1 Å². The van der Waals surface area contributed by atoms with Gasteiger partial charge in [0.1, 0.15) is 0 Å². The number of carbonyl (C=O) groups excluding carboxylic acids is 3.